The van der Waals surface area contributed by atoms with Crippen LogP contribution >= 0.6 is 23.1 Å². The summed E-state index contributed by atoms with van der Waals surface area (Å²) in [6, 6.07) is 0. The van der Waals surface area contributed by atoms with E-state index in [1.165, 1.54) is 55.6 Å². The summed E-state index contributed by atoms with van der Waals surface area (Å²) in [5.74, 6) is 4.36. The third kappa shape index (κ3) is 1.95. The first-order valence-corrected chi connectivity index (χ1v) is 8.73. The predicted octanol–water partition coefficient (Wildman–Crippen LogP) is 3.43. The molecule has 4 saturated carbocycles. The smallest absolute Gasteiger partial charge is 0.203 e. The van der Waals surface area contributed by atoms with Gasteiger partial charge in [-0.15, -0.1) is 10.2 Å². The summed E-state index contributed by atoms with van der Waals surface area (Å²) >= 11 is 3.43. The number of aromatic nitrogens is 2. The van der Waals surface area contributed by atoms with E-state index in [4.69, 9.17) is 5.73 Å². The Morgan fingerprint density at radius 3 is 2.22 bits per heavy atom. The molecule has 0 aliphatic heterocycles. The van der Waals surface area contributed by atoms with Gasteiger partial charge in [0.2, 0.25) is 5.13 Å². The largest absolute Gasteiger partial charge is 0.374 e. The van der Waals surface area contributed by atoms with Crippen LogP contribution in [0.1, 0.15) is 38.5 Å². The highest BCUT2D eigenvalue weighted by molar-refractivity contribution is 8.01. The molecule has 1 aromatic rings. The molecule has 0 aromatic carbocycles. The third-order valence-electron chi connectivity index (χ3n) is 5.09. The second kappa shape index (κ2) is 4.10. The Hall–Kier alpha value is -0.290. The fourth-order valence-electron chi connectivity index (χ4n) is 4.96. The highest BCUT2D eigenvalue weighted by Crippen LogP contribution is 2.61. The first-order chi connectivity index (χ1) is 8.71. The Balaban J connectivity index is 1.47. The Kier molecular flexibility index (Phi) is 2.63. The van der Waals surface area contributed by atoms with Crippen LogP contribution in [0.2, 0.25) is 0 Å². The highest BCUT2D eigenvalue weighted by Gasteiger charge is 2.50. The van der Waals surface area contributed by atoms with E-state index >= 15 is 0 Å². The summed E-state index contributed by atoms with van der Waals surface area (Å²) in [6.45, 7) is 0. The second-order valence-corrected chi connectivity index (χ2v) is 8.84. The number of rotatable bonds is 3. The van der Waals surface area contributed by atoms with Crippen molar-refractivity contribution in [1.29, 1.82) is 0 Å². The highest BCUT2D eigenvalue weighted by atomic mass is 32.2. The van der Waals surface area contributed by atoms with Crippen LogP contribution in [-0.2, 0) is 0 Å². The summed E-state index contributed by atoms with van der Waals surface area (Å²) in [5.41, 5.74) is 6.27. The van der Waals surface area contributed by atoms with Crippen molar-refractivity contribution in [3.63, 3.8) is 0 Å². The SMILES string of the molecule is Nc1nnc(SCC23CC4CC(CC(C4)C2)C3)s1. The zero-order chi connectivity index (χ0) is 12.2. The molecule has 4 aliphatic carbocycles. The second-order valence-electron chi connectivity index (χ2n) is 6.61. The van der Waals surface area contributed by atoms with Crippen molar-refractivity contribution >= 4 is 28.2 Å². The normalized spacial score (nSPS) is 41.4. The van der Waals surface area contributed by atoms with Gasteiger partial charge < -0.3 is 5.73 Å². The van der Waals surface area contributed by atoms with Crippen molar-refractivity contribution in [2.75, 3.05) is 11.5 Å². The zero-order valence-electron chi connectivity index (χ0n) is 10.5. The van der Waals surface area contributed by atoms with Crippen molar-refractivity contribution in [1.82, 2.24) is 10.2 Å². The maximum Gasteiger partial charge on any atom is 0.203 e. The lowest BCUT2D eigenvalue weighted by molar-refractivity contribution is -0.0381. The summed E-state index contributed by atoms with van der Waals surface area (Å²) in [7, 11) is 0. The third-order valence-corrected chi connectivity index (χ3v) is 7.32. The molecule has 5 rings (SSSR count). The standard InChI is InChI=1S/C13H19N3S2/c14-11-15-16-12(18-11)17-7-13-4-8-1-9(5-13)3-10(2-8)6-13/h8-10H,1-7H2,(H2,14,15). The van der Waals surface area contributed by atoms with Crippen LogP contribution in [-0.4, -0.2) is 16.0 Å². The lowest BCUT2D eigenvalue weighted by Crippen LogP contribution is -2.47. The topological polar surface area (TPSA) is 51.8 Å². The van der Waals surface area contributed by atoms with Crippen molar-refractivity contribution in [3.05, 3.63) is 0 Å². The molecule has 98 valence electrons. The molecule has 0 saturated heterocycles. The monoisotopic (exact) mass is 281 g/mol. The van der Waals surface area contributed by atoms with Crippen molar-refractivity contribution < 1.29 is 0 Å². The molecule has 1 heterocycles. The number of nitrogens with zero attached hydrogens (tertiary/aromatic N) is 2. The molecule has 4 fully saturated rings. The molecule has 0 radical (unpaired) electrons. The van der Waals surface area contributed by atoms with Crippen LogP contribution < -0.4 is 5.73 Å². The van der Waals surface area contributed by atoms with Gasteiger partial charge in [0.1, 0.15) is 0 Å². The molecular formula is C13H19N3S2. The first-order valence-electron chi connectivity index (χ1n) is 6.93. The molecule has 2 N–H and O–H groups in total. The zero-order valence-corrected chi connectivity index (χ0v) is 12.1. The van der Waals surface area contributed by atoms with Gasteiger partial charge in [0.05, 0.1) is 0 Å². The van der Waals surface area contributed by atoms with Crippen molar-refractivity contribution in [3.8, 4) is 0 Å². The van der Waals surface area contributed by atoms with Crippen molar-refractivity contribution in [2.24, 2.45) is 23.2 Å². The Morgan fingerprint density at radius 2 is 1.72 bits per heavy atom. The van der Waals surface area contributed by atoms with Gasteiger partial charge in [-0.25, -0.2) is 0 Å². The maximum atomic E-state index is 5.65. The molecule has 0 unspecified atom stereocenters. The number of nitrogens with two attached hydrogens (primary N) is 1. The Morgan fingerprint density at radius 1 is 1.11 bits per heavy atom. The van der Waals surface area contributed by atoms with Gasteiger partial charge in [0.15, 0.2) is 4.34 Å². The van der Waals surface area contributed by atoms with Crippen LogP contribution in [0.25, 0.3) is 0 Å². The van der Waals surface area contributed by atoms with E-state index in [9.17, 15) is 0 Å². The molecule has 4 bridgehead atoms. The molecule has 18 heavy (non-hydrogen) atoms. The fraction of sp³-hybridized carbons (Fsp3) is 0.846. The van der Waals surface area contributed by atoms with Gasteiger partial charge in [0.25, 0.3) is 0 Å². The van der Waals surface area contributed by atoms with Crippen LogP contribution in [0, 0.1) is 23.2 Å². The molecular weight excluding hydrogens is 262 g/mol. The van der Waals surface area contributed by atoms with E-state index in [1.54, 1.807) is 0 Å². The minimum absolute atomic E-state index is 0.600. The van der Waals surface area contributed by atoms with Gasteiger partial charge >= 0.3 is 0 Å². The van der Waals surface area contributed by atoms with Gasteiger partial charge in [-0.05, 0) is 61.7 Å². The maximum absolute atomic E-state index is 5.65. The number of hydrogen-bond acceptors (Lipinski definition) is 5. The van der Waals surface area contributed by atoms with E-state index in [-0.39, 0.29) is 0 Å². The Bertz CT molecular complexity index is 422. The molecule has 0 amide bonds. The van der Waals surface area contributed by atoms with Crippen LogP contribution in [0.15, 0.2) is 4.34 Å². The van der Waals surface area contributed by atoms with Crippen LogP contribution in [0.4, 0.5) is 5.13 Å². The van der Waals surface area contributed by atoms with Crippen molar-refractivity contribution in [2.45, 2.75) is 42.9 Å². The Labute approximate surface area is 116 Å². The minimum Gasteiger partial charge on any atom is -0.374 e. The summed E-state index contributed by atoms with van der Waals surface area (Å²) in [5, 5.41) is 8.65. The first kappa shape index (κ1) is 11.5. The van der Waals surface area contributed by atoms with Gasteiger partial charge in [-0.1, -0.05) is 23.1 Å². The number of nitrogen functional groups attached to an aromatic ring is 1. The predicted molar refractivity (Wildman–Crippen MR) is 75.7 cm³/mol. The number of hydrogen-bond donors (Lipinski definition) is 1. The van der Waals surface area contributed by atoms with Gasteiger partial charge in [-0.3, -0.25) is 0 Å². The molecule has 5 heteroatoms. The van der Waals surface area contributed by atoms with E-state index < -0.39 is 0 Å². The summed E-state index contributed by atoms with van der Waals surface area (Å²) in [6.07, 6.45) is 8.99. The summed E-state index contributed by atoms with van der Waals surface area (Å²) < 4.78 is 1.06. The average Bonchev–Trinajstić information content (AvgIpc) is 2.71. The van der Waals surface area contributed by atoms with E-state index in [1.807, 2.05) is 11.8 Å². The molecule has 1 aromatic heterocycles. The van der Waals surface area contributed by atoms with Gasteiger partial charge in [-0.2, -0.15) is 0 Å². The quantitative estimate of drug-likeness (QED) is 0.862. The minimum atomic E-state index is 0.600. The van der Waals surface area contributed by atoms with E-state index in [0.29, 0.717) is 10.5 Å². The molecule has 0 spiro atoms. The molecule has 3 nitrogen and oxygen atoms in total. The fourth-order valence-corrected chi connectivity index (χ4v) is 6.85. The van der Waals surface area contributed by atoms with Crippen LogP contribution in [0.3, 0.4) is 0 Å². The summed E-state index contributed by atoms with van der Waals surface area (Å²) in [4.78, 5) is 0. The van der Waals surface area contributed by atoms with E-state index in [2.05, 4.69) is 10.2 Å². The van der Waals surface area contributed by atoms with Crippen LogP contribution in [0.5, 0.6) is 0 Å². The van der Waals surface area contributed by atoms with E-state index in [0.717, 1.165) is 22.1 Å². The molecule has 4 aliphatic rings. The number of thioether (sulfide) groups is 1. The number of anilines is 1. The average molecular weight is 281 g/mol. The lowest BCUT2D eigenvalue weighted by Gasteiger charge is -2.56. The lowest BCUT2D eigenvalue weighted by atomic mass is 9.50. The molecule has 0 atom stereocenters. The van der Waals surface area contributed by atoms with Gasteiger partial charge in [0, 0.05) is 5.75 Å².